The van der Waals surface area contributed by atoms with Gasteiger partial charge in [-0.25, -0.2) is 8.42 Å². The third kappa shape index (κ3) is 6.32. The molecule has 4 rings (SSSR count). The summed E-state index contributed by atoms with van der Waals surface area (Å²) in [5.41, 5.74) is 1.63. The fourth-order valence-corrected chi connectivity index (χ4v) is 6.48. The molecule has 2 heterocycles. The number of ether oxygens (including phenoxy) is 1. The number of carbonyl (C=O) groups is 1. The van der Waals surface area contributed by atoms with Crippen LogP contribution >= 0.6 is 11.3 Å². The van der Waals surface area contributed by atoms with Crippen LogP contribution in [0, 0.1) is 5.92 Å². The number of aliphatic hydroxyl groups excluding tert-OH is 1. The summed E-state index contributed by atoms with van der Waals surface area (Å²) in [6.45, 7) is 5.29. The molecule has 2 aromatic carbocycles. The van der Waals surface area contributed by atoms with Gasteiger partial charge in [-0.05, 0) is 43.1 Å². The van der Waals surface area contributed by atoms with Gasteiger partial charge in [-0.15, -0.1) is 11.3 Å². The van der Waals surface area contributed by atoms with E-state index in [1.165, 1.54) is 11.6 Å². The zero-order chi connectivity index (χ0) is 26.6. The van der Waals surface area contributed by atoms with Gasteiger partial charge in [-0.1, -0.05) is 49.4 Å². The van der Waals surface area contributed by atoms with E-state index in [4.69, 9.17) is 4.74 Å². The number of aliphatic hydroxyl groups is 1. The molecule has 0 bridgehead atoms. The predicted octanol–water partition coefficient (Wildman–Crippen LogP) is 3.90. The van der Waals surface area contributed by atoms with Crippen molar-refractivity contribution in [2.24, 2.45) is 5.92 Å². The van der Waals surface area contributed by atoms with Crippen LogP contribution in [-0.2, 0) is 16.6 Å². The lowest BCUT2D eigenvalue weighted by Gasteiger charge is -2.38. The van der Waals surface area contributed by atoms with Gasteiger partial charge in [0.15, 0.2) is 5.75 Å². The highest BCUT2D eigenvalue weighted by molar-refractivity contribution is 7.94. The van der Waals surface area contributed by atoms with Gasteiger partial charge in [0.05, 0.1) is 23.9 Å². The lowest BCUT2D eigenvalue weighted by molar-refractivity contribution is 0.0344. The summed E-state index contributed by atoms with van der Waals surface area (Å²) >= 11 is 1.11. The van der Waals surface area contributed by atoms with E-state index in [1.54, 1.807) is 41.5 Å². The highest BCUT2D eigenvalue weighted by atomic mass is 32.2. The third-order valence-corrected chi connectivity index (χ3v) is 9.25. The lowest BCUT2D eigenvalue weighted by Crippen LogP contribution is -2.49. The van der Waals surface area contributed by atoms with Crippen molar-refractivity contribution in [1.82, 2.24) is 9.80 Å². The summed E-state index contributed by atoms with van der Waals surface area (Å²) in [6.07, 6.45) is -0.346. The van der Waals surface area contributed by atoms with Crippen molar-refractivity contribution in [3.63, 3.8) is 0 Å². The molecule has 0 aliphatic carbocycles. The first kappa shape index (κ1) is 27.1. The van der Waals surface area contributed by atoms with Gasteiger partial charge in [0.2, 0.25) is 0 Å². The molecule has 1 amide bonds. The highest BCUT2D eigenvalue weighted by Gasteiger charge is 2.35. The number of likely N-dealkylation sites (N-methyl/N-ethyl adjacent to an activating group) is 1. The van der Waals surface area contributed by atoms with Crippen molar-refractivity contribution in [2.45, 2.75) is 36.7 Å². The SMILES string of the molecule is C[C@H]1CN([C@@H](C)CO)C(=O)c2cccc(NS(=O)(=O)c3cccs3)c2O[C@H]1CN(C)Cc1ccccc1. The summed E-state index contributed by atoms with van der Waals surface area (Å²) in [5, 5.41) is 11.6. The Labute approximate surface area is 222 Å². The van der Waals surface area contributed by atoms with Gasteiger partial charge in [-0.3, -0.25) is 14.4 Å². The first-order valence-electron chi connectivity index (χ1n) is 12.2. The van der Waals surface area contributed by atoms with Gasteiger partial charge in [0.1, 0.15) is 10.3 Å². The minimum absolute atomic E-state index is 0.0914. The minimum atomic E-state index is -3.86. The number of anilines is 1. The quantitative estimate of drug-likeness (QED) is 0.425. The Kier molecular flexibility index (Phi) is 8.53. The maximum Gasteiger partial charge on any atom is 0.271 e. The van der Waals surface area contributed by atoms with Crippen LogP contribution in [0.15, 0.2) is 70.3 Å². The van der Waals surface area contributed by atoms with E-state index in [0.717, 1.165) is 11.3 Å². The fourth-order valence-electron chi connectivity index (χ4n) is 4.42. The second-order valence-corrected chi connectivity index (χ2v) is 12.4. The van der Waals surface area contributed by atoms with Gasteiger partial charge >= 0.3 is 0 Å². The Balaban J connectivity index is 1.70. The average molecular weight is 544 g/mol. The topological polar surface area (TPSA) is 99.2 Å². The zero-order valence-electron chi connectivity index (χ0n) is 21.2. The van der Waals surface area contributed by atoms with Crippen molar-refractivity contribution < 1.29 is 23.1 Å². The standard InChI is InChI=1S/C27H33N3O5S2/c1-19-15-30(20(2)18-31)27(32)22-11-7-12-23(28-37(33,34)25-13-8-14-36-25)26(22)35-24(19)17-29(3)16-21-9-5-4-6-10-21/h4-14,19-20,24,28,31H,15-18H2,1-3H3/t19-,20-,24-/m0/s1. The van der Waals surface area contributed by atoms with Crippen molar-refractivity contribution >= 4 is 33.0 Å². The molecule has 1 aliphatic rings. The molecule has 0 saturated carbocycles. The van der Waals surface area contributed by atoms with E-state index in [-0.39, 0.29) is 45.7 Å². The molecule has 10 heteroatoms. The predicted molar refractivity (Wildman–Crippen MR) is 146 cm³/mol. The molecule has 2 N–H and O–H groups in total. The number of carbonyl (C=O) groups excluding carboxylic acids is 1. The van der Waals surface area contributed by atoms with Gasteiger partial charge in [-0.2, -0.15) is 0 Å². The largest absolute Gasteiger partial charge is 0.486 e. The van der Waals surface area contributed by atoms with E-state index in [1.807, 2.05) is 32.2 Å². The fraction of sp³-hybridized carbons (Fsp3) is 0.370. The first-order valence-corrected chi connectivity index (χ1v) is 14.6. The summed E-state index contributed by atoms with van der Waals surface area (Å²) < 4.78 is 35.4. The van der Waals surface area contributed by atoms with Crippen LogP contribution in [0.3, 0.4) is 0 Å². The molecule has 0 saturated heterocycles. The van der Waals surface area contributed by atoms with Crippen molar-refractivity contribution in [1.29, 1.82) is 0 Å². The number of sulfonamides is 1. The molecule has 198 valence electrons. The van der Waals surface area contributed by atoms with Crippen LogP contribution in [-0.4, -0.2) is 68.1 Å². The Morgan fingerprint density at radius 2 is 1.92 bits per heavy atom. The summed E-state index contributed by atoms with van der Waals surface area (Å²) in [4.78, 5) is 17.4. The van der Waals surface area contributed by atoms with Gasteiger partial charge < -0.3 is 14.7 Å². The molecule has 0 fully saturated rings. The van der Waals surface area contributed by atoms with E-state index in [9.17, 15) is 18.3 Å². The highest BCUT2D eigenvalue weighted by Crippen LogP contribution is 2.36. The number of hydrogen-bond donors (Lipinski definition) is 2. The number of nitrogens with one attached hydrogen (secondary N) is 1. The van der Waals surface area contributed by atoms with E-state index >= 15 is 0 Å². The summed E-state index contributed by atoms with van der Waals surface area (Å²) in [5.74, 6) is -0.199. The maximum atomic E-state index is 13.6. The molecule has 1 aliphatic heterocycles. The van der Waals surface area contributed by atoms with Crippen LogP contribution in [0.5, 0.6) is 5.75 Å². The van der Waals surface area contributed by atoms with Crippen LogP contribution in [0.25, 0.3) is 0 Å². The van der Waals surface area contributed by atoms with E-state index < -0.39 is 16.1 Å². The lowest BCUT2D eigenvalue weighted by atomic mass is 9.99. The minimum Gasteiger partial charge on any atom is -0.486 e. The van der Waals surface area contributed by atoms with Gasteiger partial charge in [0.25, 0.3) is 15.9 Å². The zero-order valence-corrected chi connectivity index (χ0v) is 22.8. The number of hydrogen-bond acceptors (Lipinski definition) is 7. The van der Waals surface area contributed by atoms with Gasteiger partial charge in [0, 0.05) is 25.6 Å². The molecule has 0 unspecified atom stereocenters. The molecule has 37 heavy (non-hydrogen) atoms. The van der Waals surface area contributed by atoms with Crippen molar-refractivity contribution in [2.75, 3.05) is 31.5 Å². The normalized spacial score (nSPS) is 19.1. The smallest absolute Gasteiger partial charge is 0.271 e. The molecule has 0 radical (unpaired) electrons. The molecular formula is C27H33N3O5S2. The van der Waals surface area contributed by atoms with Crippen LogP contribution in [0.4, 0.5) is 5.69 Å². The Morgan fingerprint density at radius 1 is 1.16 bits per heavy atom. The number of nitrogens with zero attached hydrogens (tertiary/aromatic N) is 2. The van der Waals surface area contributed by atoms with E-state index in [0.29, 0.717) is 19.6 Å². The first-order chi connectivity index (χ1) is 17.7. The number of amides is 1. The van der Waals surface area contributed by atoms with Crippen LogP contribution in [0.1, 0.15) is 29.8 Å². The number of benzene rings is 2. The summed E-state index contributed by atoms with van der Waals surface area (Å²) in [6, 6.07) is 17.8. The number of thiophene rings is 1. The average Bonchev–Trinajstić information content (AvgIpc) is 3.43. The van der Waals surface area contributed by atoms with Crippen molar-refractivity contribution in [3.05, 3.63) is 77.2 Å². The monoisotopic (exact) mass is 543 g/mol. The number of fused-ring (bicyclic) bond motifs is 1. The second kappa shape index (κ2) is 11.6. The molecule has 8 nitrogen and oxygen atoms in total. The Bertz CT molecular complexity index is 1300. The van der Waals surface area contributed by atoms with E-state index in [2.05, 4.69) is 21.8 Å². The Hall–Kier alpha value is -2.92. The molecule has 3 atom stereocenters. The number of para-hydroxylation sites is 1. The molecule has 0 spiro atoms. The summed E-state index contributed by atoms with van der Waals surface area (Å²) in [7, 11) is -1.85. The second-order valence-electron chi connectivity index (χ2n) is 9.52. The van der Waals surface area contributed by atoms with Crippen molar-refractivity contribution in [3.8, 4) is 5.75 Å². The molecular weight excluding hydrogens is 510 g/mol. The maximum absolute atomic E-state index is 13.6. The van der Waals surface area contributed by atoms with Crippen LogP contribution in [0.2, 0.25) is 0 Å². The molecule has 3 aromatic rings. The van der Waals surface area contributed by atoms with Crippen LogP contribution < -0.4 is 9.46 Å². The number of rotatable bonds is 9. The molecule has 1 aromatic heterocycles. The third-order valence-electron chi connectivity index (χ3n) is 6.48. The Morgan fingerprint density at radius 3 is 2.59 bits per heavy atom.